The molecule has 0 radical (unpaired) electrons. The number of morpholine rings is 1. The first kappa shape index (κ1) is 21.9. The molecule has 4 rings (SSSR count). The lowest BCUT2D eigenvalue weighted by Crippen LogP contribution is -2.43. The van der Waals surface area contributed by atoms with E-state index in [9.17, 15) is 13.6 Å². The molecule has 6 nitrogen and oxygen atoms in total. The normalized spacial score (nSPS) is 14.7. The van der Waals surface area contributed by atoms with Crippen LogP contribution in [-0.2, 0) is 4.74 Å². The highest BCUT2D eigenvalue weighted by Crippen LogP contribution is 2.39. The Labute approximate surface area is 186 Å². The van der Waals surface area contributed by atoms with Crippen molar-refractivity contribution < 1.29 is 23.0 Å². The molecule has 0 N–H and O–H groups in total. The molecule has 0 spiro atoms. The number of ether oxygens (including phenoxy) is 2. The van der Waals surface area contributed by atoms with E-state index in [1.807, 2.05) is 0 Å². The molecule has 0 aliphatic carbocycles. The van der Waals surface area contributed by atoms with E-state index >= 15 is 0 Å². The Hall–Kier alpha value is -2.33. The molecule has 164 valence electrons. The molecule has 2 heterocycles. The van der Waals surface area contributed by atoms with E-state index in [1.165, 1.54) is 29.4 Å². The summed E-state index contributed by atoms with van der Waals surface area (Å²) in [7, 11) is 1.53. The van der Waals surface area contributed by atoms with Crippen LogP contribution in [0.3, 0.4) is 0 Å². The lowest BCUT2D eigenvalue weighted by atomic mass is 10.2. The minimum Gasteiger partial charge on any atom is -0.494 e. The standard InChI is InChI=1S/C21H20ClF2N3O3S/c1-29-17-5-3-14(22)19-18(17)25-21(31-19)27(7-6-26-8-10-30-11-9-26)20(28)13-2-4-15(23)16(24)12-13/h2-5,12H,6-11H2,1H3. The Morgan fingerprint density at radius 2 is 2.03 bits per heavy atom. The molecule has 0 saturated carbocycles. The summed E-state index contributed by atoms with van der Waals surface area (Å²) in [5.41, 5.74) is 0.586. The summed E-state index contributed by atoms with van der Waals surface area (Å²) in [6, 6.07) is 6.54. The topological polar surface area (TPSA) is 54.9 Å². The van der Waals surface area contributed by atoms with Crippen molar-refractivity contribution in [3.8, 4) is 5.75 Å². The number of hydrogen-bond donors (Lipinski definition) is 0. The Balaban J connectivity index is 1.70. The molecule has 1 aliphatic rings. The van der Waals surface area contributed by atoms with E-state index in [-0.39, 0.29) is 5.56 Å². The van der Waals surface area contributed by atoms with Gasteiger partial charge in [-0.15, -0.1) is 0 Å². The van der Waals surface area contributed by atoms with Gasteiger partial charge in [0.2, 0.25) is 0 Å². The average Bonchev–Trinajstić information content (AvgIpc) is 3.23. The van der Waals surface area contributed by atoms with Crippen LogP contribution >= 0.6 is 22.9 Å². The van der Waals surface area contributed by atoms with E-state index in [2.05, 4.69) is 9.88 Å². The third-order valence-electron chi connectivity index (χ3n) is 5.05. The first-order valence-electron chi connectivity index (χ1n) is 9.68. The third-order valence-corrected chi connectivity index (χ3v) is 6.59. The number of rotatable bonds is 6. The number of carbonyl (C=O) groups is 1. The highest BCUT2D eigenvalue weighted by molar-refractivity contribution is 7.23. The van der Waals surface area contributed by atoms with E-state index in [0.29, 0.717) is 52.4 Å². The number of aromatic nitrogens is 1. The number of thiazole rings is 1. The number of methoxy groups -OCH3 is 1. The lowest BCUT2D eigenvalue weighted by Gasteiger charge is -2.29. The maximum Gasteiger partial charge on any atom is 0.260 e. The van der Waals surface area contributed by atoms with Crippen LogP contribution in [0.25, 0.3) is 10.2 Å². The number of halogens is 3. The van der Waals surface area contributed by atoms with Gasteiger partial charge in [0.25, 0.3) is 5.91 Å². The van der Waals surface area contributed by atoms with Crippen molar-refractivity contribution in [1.29, 1.82) is 0 Å². The summed E-state index contributed by atoms with van der Waals surface area (Å²) in [5, 5.41) is 0.900. The van der Waals surface area contributed by atoms with Gasteiger partial charge in [-0.25, -0.2) is 13.8 Å². The van der Waals surface area contributed by atoms with Gasteiger partial charge in [0.15, 0.2) is 16.8 Å². The van der Waals surface area contributed by atoms with E-state index < -0.39 is 17.5 Å². The second-order valence-corrected chi connectivity index (χ2v) is 8.35. The molecule has 0 unspecified atom stereocenters. The van der Waals surface area contributed by atoms with Gasteiger partial charge in [-0.1, -0.05) is 22.9 Å². The molecule has 31 heavy (non-hydrogen) atoms. The van der Waals surface area contributed by atoms with E-state index in [0.717, 1.165) is 25.2 Å². The zero-order valence-corrected chi connectivity index (χ0v) is 18.3. The predicted octanol–water partition coefficient (Wildman–Crippen LogP) is 4.22. The SMILES string of the molecule is COc1ccc(Cl)c2sc(N(CCN3CCOCC3)C(=O)c3ccc(F)c(F)c3)nc12. The van der Waals surface area contributed by atoms with Crippen LogP contribution in [0.1, 0.15) is 10.4 Å². The van der Waals surface area contributed by atoms with E-state index in [4.69, 9.17) is 21.1 Å². The van der Waals surface area contributed by atoms with Gasteiger partial charge in [-0.3, -0.25) is 14.6 Å². The zero-order valence-electron chi connectivity index (χ0n) is 16.7. The minimum absolute atomic E-state index is 0.0400. The summed E-state index contributed by atoms with van der Waals surface area (Å²) in [5.74, 6) is -2.02. The van der Waals surface area contributed by atoms with Crippen molar-refractivity contribution in [1.82, 2.24) is 9.88 Å². The molecule has 2 aromatic carbocycles. The third kappa shape index (κ3) is 4.64. The van der Waals surface area contributed by atoms with Crippen LogP contribution in [0.4, 0.5) is 13.9 Å². The molecule has 1 aliphatic heterocycles. The molecular weight excluding hydrogens is 448 g/mol. The van der Waals surface area contributed by atoms with E-state index in [1.54, 1.807) is 12.1 Å². The van der Waals surface area contributed by atoms with Crippen LogP contribution in [0, 0.1) is 11.6 Å². The Morgan fingerprint density at radius 3 is 2.74 bits per heavy atom. The number of nitrogens with zero attached hydrogens (tertiary/aromatic N) is 3. The fraction of sp³-hybridized carbons (Fsp3) is 0.333. The summed E-state index contributed by atoms with van der Waals surface area (Å²) < 4.78 is 38.6. The second kappa shape index (κ2) is 9.44. The van der Waals surface area contributed by atoms with Gasteiger partial charge in [-0.05, 0) is 30.3 Å². The van der Waals surface area contributed by atoms with Crippen molar-refractivity contribution in [2.75, 3.05) is 51.4 Å². The monoisotopic (exact) mass is 467 g/mol. The van der Waals surface area contributed by atoms with Gasteiger partial charge in [-0.2, -0.15) is 0 Å². The summed E-state index contributed by atoms with van der Waals surface area (Å²) in [4.78, 5) is 21.5. The quantitative estimate of drug-likeness (QED) is 0.543. The van der Waals surface area contributed by atoms with Crippen LogP contribution in [-0.4, -0.2) is 62.3 Å². The number of hydrogen-bond acceptors (Lipinski definition) is 6. The maximum absolute atomic E-state index is 13.8. The van der Waals surface area contributed by atoms with Gasteiger partial charge < -0.3 is 9.47 Å². The van der Waals surface area contributed by atoms with Crippen molar-refractivity contribution >= 4 is 44.2 Å². The molecular formula is C21H20ClF2N3O3S. The molecule has 1 aromatic heterocycles. The highest BCUT2D eigenvalue weighted by Gasteiger charge is 2.25. The van der Waals surface area contributed by atoms with Crippen LogP contribution < -0.4 is 9.64 Å². The van der Waals surface area contributed by atoms with Crippen molar-refractivity contribution in [3.63, 3.8) is 0 Å². The molecule has 0 atom stereocenters. The molecule has 10 heteroatoms. The smallest absolute Gasteiger partial charge is 0.260 e. The Bertz CT molecular complexity index is 1100. The number of anilines is 1. The van der Waals surface area contributed by atoms with Gasteiger partial charge >= 0.3 is 0 Å². The molecule has 3 aromatic rings. The van der Waals surface area contributed by atoms with Gasteiger partial charge in [0, 0.05) is 31.7 Å². The molecule has 1 saturated heterocycles. The second-order valence-electron chi connectivity index (χ2n) is 6.96. The van der Waals surface area contributed by atoms with Crippen molar-refractivity contribution in [2.24, 2.45) is 0 Å². The minimum atomic E-state index is -1.08. The van der Waals surface area contributed by atoms with Crippen molar-refractivity contribution in [2.45, 2.75) is 0 Å². The highest BCUT2D eigenvalue weighted by atomic mass is 35.5. The summed E-state index contributed by atoms with van der Waals surface area (Å²) in [6.07, 6.45) is 0. The molecule has 0 bridgehead atoms. The summed E-state index contributed by atoms with van der Waals surface area (Å²) >= 11 is 7.59. The molecule has 1 amide bonds. The summed E-state index contributed by atoms with van der Waals surface area (Å²) in [6.45, 7) is 3.67. The lowest BCUT2D eigenvalue weighted by molar-refractivity contribution is 0.0391. The van der Waals surface area contributed by atoms with Crippen LogP contribution in [0.2, 0.25) is 5.02 Å². The first-order valence-corrected chi connectivity index (χ1v) is 10.9. The van der Waals surface area contributed by atoms with Crippen LogP contribution in [0.5, 0.6) is 5.75 Å². The number of benzene rings is 2. The fourth-order valence-corrected chi connectivity index (χ4v) is 4.64. The number of carbonyl (C=O) groups excluding carboxylic acids is 1. The molecule has 1 fully saturated rings. The fourth-order valence-electron chi connectivity index (χ4n) is 3.36. The number of fused-ring (bicyclic) bond motifs is 1. The first-order chi connectivity index (χ1) is 15.0. The Morgan fingerprint density at radius 1 is 1.26 bits per heavy atom. The predicted molar refractivity (Wildman–Crippen MR) is 116 cm³/mol. The number of amides is 1. The Kier molecular flexibility index (Phi) is 6.66. The van der Waals surface area contributed by atoms with Crippen LogP contribution in [0.15, 0.2) is 30.3 Å². The largest absolute Gasteiger partial charge is 0.494 e. The van der Waals surface area contributed by atoms with Gasteiger partial charge in [0.05, 0.1) is 30.0 Å². The average molecular weight is 468 g/mol. The maximum atomic E-state index is 13.8. The van der Waals surface area contributed by atoms with Crippen molar-refractivity contribution in [3.05, 3.63) is 52.6 Å². The zero-order chi connectivity index (χ0) is 22.0. The van der Waals surface area contributed by atoms with Gasteiger partial charge in [0.1, 0.15) is 11.3 Å².